The van der Waals surface area contributed by atoms with E-state index in [2.05, 4.69) is 32.3 Å². The van der Waals surface area contributed by atoms with Gasteiger partial charge in [-0.1, -0.05) is 20.8 Å². The van der Waals surface area contributed by atoms with Gasteiger partial charge in [-0.15, -0.1) is 10.2 Å². The largest absolute Gasteiger partial charge is 0.416 e. The van der Waals surface area contributed by atoms with Crippen LogP contribution in [0.5, 0.6) is 0 Å². The lowest BCUT2D eigenvalue weighted by molar-refractivity contribution is -0.138. The number of fused-ring (bicyclic) bond motifs is 1. The molecule has 0 radical (unpaired) electrons. The quantitative estimate of drug-likeness (QED) is 0.355. The molecule has 2 aromatic heterocycles. The second-order valence-electron chi connectivity index (χ2n) is 12.0. The topological polar surface area (TPSA) is 88.4 Å². The van der Waals surface area contributed by atoms with Gasteiger partial charge in [-0.25, -0.2) is 4.98 Å². The first-order valence-electron chi connectivity index (χ1n) is 15.5. The number of nitrogens with one attached hydrogen (secondary N) is 1. The number of hydrogen-bond donors (Lipinski definition) is 1. The fourth-order valence-corrected chi connectivity index (χ4v) is 6.41. The molecular weight excluding hydrogens is 571 g/mol. The van der Waals surface area contributed by atoms with Crippen LogP contribution in [0.1, 0.15) is 79.0 Å². The molecule has 238 valence electrons. The number of carbonyl (C=O) groups excluding carboxylic acids is 1. The number of hydrogen-bond acceptors (Lipinski definition) is 7. The number of likely N-dealkylation sites (tertiary alicyclic amines) is 1. The fourth-order valence-electron chi connectivity index (χ4n) is 6.41. The van der Waals surface area contributed by atoms with Crippen LogP contribution in [-0.2, 0) is 42.9 Å². The zero-order valence-electron chi connectivity index (χ0n) is 26.2. The Hall–Kier alpha value is -3.51. The second-order valence-corrected chi connectivity index (χ2v) is 12.0. The van der Waals surface area contributed by atoms with Crippen LogP contribution in [0.4, 0.5) is 24.8 Å². The Labute approximate surface area is 256 Å². The maximum absolute atomic E-state index is 14.4. The Morgan fingerprint density at radius 2 is 1.93 bits per heavy atom. The molecule has 0 saturated carbocycles. The van der Waals surface area contributed by atoms with Gasteiger partial charge in [-0.2, -0.15) is 13.2 Å². The zero-order valence-corrected chi connectivity index (χ0v) is 26.2. The molecule has 1 amide bonds. The highest BCUT2D eigenvalue weighted by Crippen LogP contribution is 2.42. The van der Waals surface area contributed by atoms with E-state index in [9.17, 15) is 18.0 Å². The van der Waals surface area contributed by atoms with Crippen LogP contribution < -0.4 is 10.2 Å². The molecule has 3 aliphatic rings. The van der Waals surface area contributed by atoms with Crippen LogP contribution in [0.2, 0.25) is 0 Å². The molecule has 3 aromatic rings. The normalized spacial score (nSPS) is 19.7. The van der Waals surface area contributed by atoms with Crippen molar-refractivity contribution in [1.29, 1.82) is 0 Å². The van der Waals surface area contributed by atoms with E-state index in [0.29, 0.717) is 55.8 Å². The van der Waals surface area contributed by atoms with Gasteiger partial charge in [-0.3, -0.25) is 14.6 Å². The Kier molecular flexibility index (Phi) is 9.31. The molecule has 1 N–H and O–H groups in total. The molecular formula is C32H42F3N7O2. The Morgan fingerprint density at radius 3 is 2.55 bits per heavy atom. The third-order valence-corrected chi connectivity index (χ3v) is 8.67. The minimum atomic E-state index is -4.58. The molecule has 1 atom stereocenters. The standard InChI is InChI=1S/C30H36F3N7O2.C2H6/c1-4-34-25-10-21(29(16-42-17-29)12-27-37-35-18-38(27)3)11-26(36-25)40-15-23-22(28(40)41)8-20(9-24(23)30(31,32)33)14-39-7-5-6-19(2)13-39;1-2/h8-11,18-19H,4-7,12-17H2,1-3H3,(H,34,36);1-2H3/t19-;/m0./s1. The lowest BCUT2D eigenvalue weighted by atomic mass is 9.75. The average Bonchev–Trinajstić information content (AvgIpc) is 3.53. The highest BCUT2D eigenvalue weighted by molar-refractivity contribution is 6.10. The number of pyridine rings is 1. The number of benzene rings is 1. The number of alkyl halides is 3. The van der Waals surface area contributed by atoms with Crippen LogP contribution in [0, 0.1) is 5.92 Å². The van der Waals surface area contributed by atoms with Crippen molar-refractivity contribution in [3.8, 4) is 0 Å². The lowest BCUT2D eigenvalue weighted by Gasteiger charge is -2.42. The summed E-state index contributed by atoms with van der Waals surface area (Å²) in [4.78, 5) is 22.0. The van der Waals surface area contributed by atoms with Crippen LogP contribution in [0.25, 0.3) is 0 Å². The number of amides is 1. The second kappa shape index (κ2) is 12.8. The number of nitrogens with zero attached hydrogens (tertiary/aromatic N) is 6. The highest BCUT2D eigenvalue weighted by Gasteiger charge is 2.44. The van der Waals surface area contributed by atoms with E-state index in [4.69, 9.17) is 4.74 Å². The number of carbonyl (C=O) groups is 1. The predicted molar refractivity (Wildman–Crippen MR) is 163 cm³/mol. The van der Waals surface area contributed by atoms with Gasteiger partial charge in [0, 0.05) is 44.1 Å². The molecule has 3 aliphatic heterocycles. The van der Waals surface area contributed by atoms with Gasteiger partial charge in [0.15, 0.2) is 0 Å². The van der Waals surface area contributed by atoms with Crippen LogP contribution in [0.15, 0.2) is 30.6 Å². The molecule has 0 unspecified atom stereocenters. The zero-order chi connectivity index (χ0) is 31.6. The fraction of sp³-hybridized carbons (Fsp3) is 0.562. The van der Waals surface area contributed by atoms with Gasteiger partial charge in [0.1, 0.15) is 23.8 Å². The van der Waals surface area contributed by atoms with E-state index >= 15 is 0 Å². The van der Waals surface area contributed by atoms with E-state index < -0.39 is 23.1 Å². The van der Waals surface area contributed by atoms with Crippen molar-refractivity contribution >= 4 is 17.5 Å². The summed E-state index contributed by atoms with van der Waals surface area (Å²) < 4.78 is 50.6. The number of aryl methyl sites for hydroxylation is 1. The van der Waals surface area contributed by atoms with Crippen molar-refractivity contribution in [2.24, 2.45) is 13.0 Å². The minimum absolute atomic E-state index is 0.00115. The van der Waals surface area contributed by atoms with E-state index in [1.165, 1.54) is 11.0 Å². The molecule has 12 heteroatoms. The first-order chi connectivity index (χ1) is 21.1. The maximum Gasteiger partial charge on any atom is 0.416 e. The number of aromatic nitrogens is 4. The Balaban J connectivity index is 0.00000188. The van der Waals surface area contributed by atoms with Crippen molar-refractivity contribution < 1.29 is 22.7 Å². The first kappa shape index (κ1) is 31.9. The molecule has 0 bridgehead atoms. The SMILES string of the molecule is CC.CCNc1cc(C2(Cc3nncn3C)COC2)cc(N2Cc3c(cc(CN4CCC[C@H](C)C4)cc3C(F)(F)F)C2=O)n1. The summed E-state index contributed by atoms with van der Waals surface area (Å²) in [7, 11) is 1.88. The van der Waals surface area contributed by atoms with Gasteiger partial charge in [0.2, 0.25) is 0 Å². The van der Waals surface area contributed by atoms with Crippen molar-refractivity contribution in [2.75, 3.05) is 43.1 Å². The number of ether oxygens (including phenoxy) is 1. The summed E-state index contributed by atoms with van der Waals surface area (Å²) in [5, 5.41) is 11.5. The van der Waals surface area contributed by atoms with Crippen molar-refractivity contribution in [2.45, 2.75) is 71.6 Å². The molecule has 2 fully saturated rings. The molecule has 2 saturated heterocycles. The summed E-state index contributed by atoms with van der Waals surface area (Å²) in [6.45, 7) is 11.4. The van der Waals surface area contributed by atoms with Gasteiger partial charge in [0.25, 0.3) is 5.91 Å². The minimum Gasteiger partial charge on any atom is -0.379 e. The van der Waals surface area contributed by atoms with Gasteiger partial charge in [0.05, 0.1) is 25.3 Å². The van der Waals surface area contributed by atoms with Gasteiger partial charge >= 0.3 is 6.18 Å². The first-order valence-corrected chi connectivity index (χ1v) is 15.5. The van der Waals surface area contributed by atoms with E-state index in [1.807, 2.05) is 44.5 Å². The monoisotopic (exact) mass is 613 g/mol. The lowest BCUT2D eigenvalue weighted by Crippen LogP contribution is -2.49. The van der Waals surface area contributed by atoms with Crippen LogP contribution in [-0.4, -0.2) is 63.4 Å². The molecule has 6 rings (SSSR count). The molecule has 5 heterocycles. The molecule has 1 aromatic carbocycles. The smallest absolute Gasteiger partial charge is 0.379 e. The Morgan fingerprint density at radius 1 is 1.16 bits per heavy atom. The van der Waals surface area contributed by atoms with Crippen molar-refractivity contribution in [3.05, 3.63) is 64.2 Å². The van der Waals surface area contributed by atoms with Gasteiger partial charge < -0.3 is 14.6 Å². The summed E-state index contributed by atoms with van der Waals surface area (Å²) in [5.74, 6) is 1.68. The number of anilines is 2. The average molecular weight is 614 g/mol. The van der Waals surface area contributed by atoms with E-state index in [-0.39, 0.29) is 17.7 Å². The van der Waals surface area contributed by atoms with Crippen LogP contribution in [0.3, 0.4) is 0 Å². The number of rotatable bonds is 8. The Bertz CT molecular complexity index is 1480. The summed E-state index contributed by atoms with van der Waals surface area (Å²) in [5.41, 5.74) is 0.329. The van der Waals surface area contributed by atoms with E-state index in [0.717, 1.165) is 37.3 Å². The summed E-state index contributed by atoms with van der Waals surface area (Å²) in [6.07, 6.45) is -0.245. The third kappa shape index (κ3) is 6.32. The summed E-state index contributed by atoms with van der Waals surface area (Å²) in [6, 6.07) is 6.62. The van der Waals surface area contributed by atoms with Gasteiger partial charge in [-0.05, 0) is 73.2 Å². The summed E-state index contributed by atoms with van der Waals surface area (Å²) >= 11 is 0. The molecule has 9 nitrogen and oxygen atoms in total. The third-order valence-electron chi connectivity index (χ3n) is 8.67. The van der Waals surface area contributed by atoms with Crippen LogP contribution >= 0.6 is 0 Å². The number of halogens is 3. The van der Waals surface area contributed by atoms with E-state index in [1.54, 1.807) is 12.4 Å². The maximum atomic E-state index is 14.4. The molecule has 0 aliphatic carbocycles. The van der Waals surface area contributed by atoms with Crippen molar-refractivity contribution in [3.63, 3.8) is 0 Å². The predicted octanol–water partition coefficient (Wildman–Crippen LogP) is 5.59. The molecule has 44 heavy (non-hydrogen) atoms. The number of piperidine rings is 1. The highest BCUT2D eigenvalue weighted by atomic mass is 19.4. The molecule has 0 spiro atoms. The van der Waals surface area contributed by atoms with Crippen molar-refractivity contribution in [1.82, 2.24) is 24.6 Å².